The third-order valence-electron chi connectivity index (χ3n) is 4.08. The molecular weight excluding hydrogens is 301 g/mol. The molecule has 1 aromatic rings. The number of likely N-dealkylation sites (tertiary alicyclic amines) is 1. The molecule has 0 aliphatic carbocycles. The summed E-state index contributed by atoms with van der Waals surface area (Å²) in [6.07, 6.45) is 0. The van der Waals surface area contributed by atoms with Crippen molar-refractivity contribution in [1.29, 1.82) is 0 Å². The standard InChI is InChI=1S/C13H16ClN3O2.ClH/c14-12-2-1-9(3-13(12)17(18)19)6-16-7-10-4-15-5-11(10)8-16;/h1-3,10-11,15H,4-8H2;1H/t10-,11+;. The van der Waals surface area contributed by atoms with Crippen LogP contribution in [0.4, 0.5) is 5.69 Å². The van der Waals surface area contributed by atoms with E-state index in [0.29, 0.717) is 0 Å². The van der Waals surface area contributed by atoms with Crippen LogP contribution >= 0.6 is 24.0 Å². The van der Waals surface area contributed by atoms with Gasteiger partial charge in [0.25, 0.3) is 5.69 Å². The third kappa shape index (κ3) is 3.06. The molecule has 3 rings (SSSR count). The van der Waals surface area contributed by atoms with Crippen LogP contribution in [0.3, 0.4) is 0 Å². The van der Waals surface area contributed by atoms with Crippen molar-refractivity contribution in [3.05, 3.63) is 38.9 Å². The quantitative estimate of drug-likeness (QED) is 0.686. The molecule has 0 spiro atoms. The maximum atomic E-state index is 10.9. The van der Waals surface area contributed by atoms with E-state index in [2.05, 4.69) is 10.2 Å². The van der Waals surface area contributed by atoms with Crippen molar-refractivity contribution in [3.8, 4) is 0 Å². The predicted octanol–water partition coefficient (Wildman–Crippen LogP) is 2.32. The second-order valence-corrected chi connectivity index (χ2v) is 5.82. The Morgan fingerprint density at radius 3 is 2.60 bits per heavy atom. The fourth-order valence-corrected chi connectivity index (χ4v) is 3.32. The first-order valence-corrected chi connectivity index (χ1v) is 6.87. The van der Waals surface area contributed by atoms with Crippen LogP contribution in [0.5, 0.6) is 0 Å². The Morgan fingerprint density at radius 1 is 1.35 bits per heavy atom. The van der Waals surface area contributed by atoms with Gasteiger partial charge in [-0.1, -0.05) is 17.7 Å². The van der Waals surface area contributed by atoms with Gasteiger partial charge in [0.05, 0.1) is 4.92 Å². The lowest BCUT2D eigenvalue weighted by Gasteiger charge is -2.16. The molecule has 5 nitrogen and oxygen atoms in total. The summed E-state index contributed by atoms with van der Waals surface area (Å²) >= 11 is 5.82. The summed E-state index contributed by atoms with van der Waals surface area (Å²) in [7, 11) is 0. The lowest BCUT2D eigenvalue weighted by Crippen LogP contribution is -2.25. The number of halogens is 2. The van der Waals surface area contributed by atoms with Gasteiger partial charge in [-0.3, -0.25) is 15.0 Å². The maximum Gasteiger partial charge on any atom is 0.288 e. The van der Waals surface area contributed by atoms with Gasteiger partial charge < -0.3 is 5.32 Å². The predicted molar refractivity (Wildman–Crippen MR) is 80.5 cm³/mol. The molecule has 0 unspecified atom stereocenters. The van der Waals surface area contributed by atoms with Gasteiger partial charge in [0.2, 0.25) is 0 Å². The lowest BCUT2D eigenvalue weighted by atomic mass is 10.0. The SMILES string of the molecule is Cl.O=[N+]([O-])c1cc(CN2C[C@H]3CNC[C@H]3C2)ccc1Cl. The molecule has 0 bridgehead atoms. The molecule has 1 aromatic carbocycles. The highest BCUT2D eigenvalue weighted by Crippen LogP contribution is 2.29. The molecule has 0 radical (unpaired) electrons. The van der Waals surface area contributed by atoms with E-state index in [1.54, 1.807) is 12.1 Å². The van der Waals surface area contributed by atoms with Crippen molar-refractivity contribution < 1.29 is 4.92 Å². The minimum atomic E-state index is -0.422. The highest BCUT2D eigenvalue weighted by Gasteiger charge is 2.35. The largest absolute Gasteiger partial charge is 0.316 e. The van der Waals surface area contributed by atoms with E-state index >= 15 is 0 Å². The maximum absolute atomic E-state index is 10.9. The van der Waals surface area contributed by atoms with Crippen molar-refractivity contribution in [3.63, 3.8) is 0 Å². The van der Waals surface area contributed by atoms with E-state index in [1.165, 1.54) is 0 Å². The Labute approximate surface area is 128 Å². The van der Waals surface area contributed by atoms with Crippen LogP contribution in [-0.2, 0) is 6.54 Å². The summed E-state index contributed by atoms with van der Waals surface area (Å²) in [6, 6.07) is 5.09. The van der Waals surface area contributed by atoms with Gasteiger partial charge in [0, 0.05) is 25.7 Å². The van der Waals surface area contributed by atoms with Gasteiger partial charge in [-0.15, -0.1) is 12.4 Å². The normalized spacial score (nSPS) is 25.2. The number of hydrogen-bond donors (Lipinski definition) is 1. The van der Waals surface area contributed by atoms with E-state index in [-0.39, 0.29) is 23.1 Å². The Balaban J connectivity index is 0.00000147. The molecule has 0 amide bonds. The minimum Gasteiger partial charge on any atom is -0.316 e. The van der Waals surface area contributed by atoms with Crippen molar-refractivity contribution >= 4 is 29.7 Å². The second-order valence-electron chi connectivity index (χ2n) is 5.42. The van der Waals surface area contributed by atoms with E-state index in [9.17, 15) is 10.1 Å². The molecule has 0 saturated carbocycles. The molecule has 2 aliphatic rings. The molecule has 0 aromatic heterocycles. The van der Waals surface area contributed by atoms with E-state index < -0.39 is 4.92 Å². The number of rotatable bonds is 3. The molecule has 20 heavy (non-hydrogen) atoms. The Kier molecular flexibility index (Phi) is 4.86. The second kappa shape index (κ2) is 6.26. The Hall–Kier alpha value is -0.880. The molecule has 2 atom stereocenters. The number of benzene rings is 1. The topological polar surface area (TPSA) is 58.4 Å². The highest BCUT2D eigenvalue weighted by atomic mass is 35.5. The van der Waals surface area contributed by atoms with Crippen LogP contribution < -0.4 is 5.32 Å². The summed E-state index contributed by atoms with van der Waals surface area (Å²) in [6.45, 7) is 5.12. The van der Waals surface area contributed by atoms with E-state index in [1.807, 2.05) is 6.07 Å². The zero-order valence-electron chi connectivity index (χ0n) is 10.9. The first-order chi connectivity index (χ1) is 9.13. The van der Waals surface area contributed by atoms with Gasteiger partial charge in [-0.05, 0) is 36.6 Å². The third-order valence-corrected chi connectivity index (χ3v) is 4.40. The van der Waals surface area contributed by atoms with Crippen LogP contribution in [0.2, 0.25) is 5.02 Å². The van der Waals surface area contributed by atoms with Gasteiger partial charge in [0.15, 0.2) is 0 Å². The van der Waals surface area contributed by atoms with Crippen LogP contribution in [0.15, 0.2) is 18.2 Å². The van der Waals surface area contributed by atoms with Crippen LogP contribution in [-0.4, -0.2) is 36.0 Å². The Morgan fingerprint density at radius 2 is 2.00 bits per heavy atom. The molecule has 2 saturated heterocycles. The molecular formula is C13H17Cl2N3O2. The van der Waals surface area contributed by atoms with E-state index in [4.69, 9.17) is 11.6 Å². The van der Waals surface area contributed by atoms with Crippen LogP contribution in [0, 0.1) is 22.0 Å². The molecule has 1 N–H and O–H groups in total. The number of hydrogen-bond acceptors (Lipinski definition) is 4. The average molecular weight is 318 g/mol. The number of nitrogens with one attached hydrogen (secondary N) is 1. The van der Waals surface area contributed by atoms with Crippen LogP contribution in [0.1, 0.15) is 5.56 Å². The zero-order valence-corrected chi connectivity index (χ0v) is 12.5. The lowest BCUT2D eigenvalue weighted by molar-refractivity contribution is -0.384. The van der Waals surface area contributed by atoms with E-state index in [0.717, 1.165) is 50.1 Å². The van der Waals surface area contributed by atoms with Gasteiger partial charge in [0.1, 0.15) is 5.02 Å². The molecule has 2 fully saturated rings. The fourth-order valence-electron chi connectivity index (χ4n) is 3.14. The van der Waals surface area contributed by atoms with Crippen LogP contribution in [0.25, 0.3) is 0 Å². The number of fused-ring (bicyclic) bond motifs is 1. The molecule has 7 heteroatoms. The Bertz CT molecular complexity index is 500. The first-order valence-electron chi connectivity index (χ1n) is 6.49. The van der Waals surface area contributed by atoms with Crippen molar-refractivity contribution in [2.45, 2.75) is 6.54 Å². The van der Waals surface area contributed by atoms with Crippen molar-refractivity contribution in [2.24, 2.45) is 11.8 Å². The monoisotopic (exact) mass is 317 g/mol. The van der Waals surface area contributed by atoms with Crippen molar-refractivity contribution in [2.75, 3.05) is 26.2 Å². The van der Waals surface area contributed by atoms with Gasteiger partial charge >= 0.3 is 0 Å². The summed E-state index contributed by atoms with van der Waals surface area (Å²) in [5.41, 5.74) is 0.962. The zero-order chi connectivity index (χ0) is 13.4. The van der Waals surface area contributed by atoms with Crippen molar-refractivity contribution in [1.82, 2.24) is 10.2 Å². The number of nitrogens with zero attached hydrogens (tertiary/aromatic N) is 2. The van der Waals surface area contributed by atoms with Gasteiger partial charge in [-0.25, -0.2) is 0 Å². The first kappa shape index (κ1) is 15.5. The minimum absolute atomic E-state index is 0. The smallest absolute Gasteiger partial charge is 0.288 e. The number of nitro benzene ring substituents is 1. The summed E-state index contributed by atoms with van der Waals surface area (Å²) < 4.78 is 0. The van der Waals surface area contributed by atoms with Gasteiger partial charge in [-0.2, -0.15) is 0 Å². The average Bonchev–Trinajstić information content (AvgIpc) is 2.91. The summed E-state index contributed by atoms with van der Waals surface area (Å²) in [4.78, 5) is 12.8. The summed E-state index contributed by atoms with van der Waals surface area (Å²) in [5.74, 6) is 1.48. The molecule has 2 aliphatic heterocycles. The summed E-state index contributed by atoms with van der Waals surface area (Å²) in [5, 5.41) is 14.5. The fraction of sp³-hybridized carbons (Fsp3) is 0.538. The number of nitro groups is 1. The molecule has 110 valence electrons. The highest BCUT2D eigenvalue weighted by molar-refractivity contribution is 6.32. The molecule has 2 heterocycles.